The molecule has 0 aromatic rings. The van der Waals surface area contributed by atoms with Crippen molar-refractivity contribution >= 4 is 0 Å². The molecular formula is C8H15F. The fourth-order valence-corrected chi connectivity index (χ4v) is 0.968. The predicted octanol–water partition coefficient (Wildman–Crippen LogP) is 3.09. The van der Waals surface area contributed by atoms with Crippen LogP contribution in [-0.4, -0.2) is 5.67 Å². The number of hydrogen-bond acceptors (Lipinski definition) is 0. The van der Waals surface area contributed by atoms with Crippen molar-refractivity contribution in [3.05, 3.63) is 11.6 Å². The number of halogens is 1. The molecule has 0 unspecified atom stereocenters. The summed E-state index contributed by atoms with van der Waals surface area (Å²) in [7, 11) is 0. The summed E-state index contributed by atoms with van der Waals surface area (Å²) in [5.41, 5.74) is -0.244. The van der Waals surface area contributed by atoms with E-state index in [4.69, 9.17) is 0 Å². The highest BCUT2D eigenvalue weighted by molar-refractivity contribution is 5.11. The Bertz CT molecular complexity index is 106. The molecule has 0 fully saturated rings. The number of hydrogen-bond donors (Lipinski definition) is 0. The third-order valence-electron chi connectivity index (χ3n) is 1.49. The lowest BCUT2D eigenvalue weighted by Crippen LogP contribution is -2.14. The van der Waals surface area contributed by atoms with Crippen LogP contribution in [0.15, 0.2) is 11.6 Å². The van der Waals surface area contributed by atoms with E-state index in [9.17, 15) is 4.39 Å². The van der Waals surface area contributed by atoms with Gasteiger partial charge in [-0.05, 0) is 32.8 Å². The molecule has 9 heavy (non-hydrogen) atoms. The Morgan fingerprint density at radius 2 is 2.00 bits per heavy atom. The lowest BCUT2D eigenvalue weighted by Gasteiger charge is -2.16. The summed E-state index contributed by atoms with van der Waals surface area (Å²) in [5.74, 6) is 0. The van der Waals surface area contributed by atoms with Crippen LogP contribution in [0.1, 0.15) is 34.1 Å². The van der Waals surface area contributed by atoms with E-state index in [1.165, 1.54) is 0 Å². The summed E-state index contributed by atoms with van der Waals surface area (Å²) in [4.78, 5) is 0. The average molecular weight is 130 g/mol. The maximum absolute atomic E-state index is 13.0. The Labute approximate surface area is 56.8 Å². The van der Waals surface area contributed by atoms with Crippen LogP contribution >= 0.6 is 0 Å². The second kappa shape index (κ2) is 3.00. The Morgan fingerprint density at radius 3 is 2.00 bits per heavy atom. The molecule has 0 saturated heterocycles. The first-order valence-corrected chi connectivity index (χ1v) is 3.37. The van der Waals surface area contributed by atoms with Crippen LogP contribution in [0.4, 0.5) is 4.39 Å². The Morgan fingerprint density at radius 1 is 1.56 bits per heavy atom. The van der Waals surface area contributed by atoms with E-state index in [2.05, 4.69) is 0 Å². The molecule has 0 aliphatic heterocycles. The van der Waals surface area contributed by atoms with Gasteiger partial charge in [0.05, 0.1) is 0 Å². The fourth-order valence-electron chi connectivity index (χ4n) is 0.968. The first kappa shape index (κ1) is 8.67. The lowest BCUT2D eigenvalue weighted by atomic mass is 9.98. The zero-order chi connectivity index (χ0) is 7.49. The molecule has 1 heteroatoms. The molecular weight excluding hydrogens is 115 g/mol. The molecule has 0 aliphatic carbocycles. The average Bonchev–Trinajstić information content (AvgIpc) is 1.65. The van der Waals surface area contributed by atoms with Gasteiger partial charge < -0.3 is 0 Å². The van der Waals surface area contributed by atoms with Crippen molar-refractivity contribution < 1.29 is 4.39 Å². The molecule has 0 saturated carbocycles. The van der Waals surface area contributed by atoms with E-state index < -0.39 is 5.67 Å². The van der Waals surface area contributed by atoms with Crippen LogP contribution < -0.4 is 0 Å². The van der Waals surface area contributed by atoms with Crippen LogP contribution in [0, 0.1) is 0 Å². The first-order chi connectivity index (χ1) is 4.02. The molecule has 0 rings (SSSR count). The van der Waals surface area contributed by atoms with Crippen molar-refractivity contribution in [2.24, 2.45) is 0 Å². The summed E-state index contributed by atoms with van der Waals surface area (Å²) >= 11 is 0. The second-order valence-corrected chi connectivity index (χ2v) is 2.64. The van der Waals surface area contributed by atoms with Crippen LogP contribution in [-0.2, 0) is 0 Å². The summed E-state index contributed by atoms with van der Waals surface area (Å²) in [6.45, 7) is 7.02. The van der Waals surface area contributed by atoms with Crippen molar-refractivity contribution in [3.63, 3.8) is 0 Å². The molecule has 0 bridgehead atoms. The standard InChI is InChI=1S/C8H15F/c1-5-7(6-2)8(3,4)9/h5H,6H2,1-4H3/b7-5-. The first-order valence-electron chi connectivity index (χ1n) is 3.37. The SMILES string of the molecule is C/C=C(/CC)C(C)(C)F. The van der Waals surface area contributed by atoms with Crippen molar-refractivity contribution in [2.45, 2.75) is 39.8 Å². The monoisotopic (exact) mass is 130 g/mol. The van der Waals surface area contributed by atoms with Gasteiger partial charge in [0.1, 0.15) is 5.67 Å². The Hall–Kier alpha value is -0.330. The number of allylic oxidation sites excluding steroid dienone is 2. The van der Waals surface area contributed by atoms with Gasteiger partial charge in [0, 0.05) is 0 Å². The van der Waals surface area contributed by atoms with E-state index in [0.717, 1.165) is 12.0 Å². The highest BCUT2D eigenvalue weighted by Gasteiger charge is 2.18. The van der Waals surface area contributed by atoms with Gasteiger partial charge in [-0.15, -0.1) is 0 Å². The molecule has 0 amide bonds. The quantitative estimate of drug-likeness (QED) is 0.504. The molecule has 0 nitrogen and oxygen atoms in total. The minimum atomic E-state index is -1.12. The molecule has 54 valence electrons. The van der Waals surface area contributed by atoms with E-state index in [-0.39, 0.29) is 0 Å². The molecule has 0 aromatic heterocycles. The Kier molecular flexibility index (Phi) is 2.89. The van der Waals surface area contributed by atoms with E-state index in [0.29, 0.717) is 0 Å². The van der Waals surface area contributed by atoms with Gasteiger partial charge in [0.25, 0.3) is 0 Å². The van der Waals surface area contributed by atoms with Crippen molar-refractivity contribution in [2.75, 3.05) is 0 Å². The summed E-state index contributed by atoms with van der Waals surface area (Å²) in [6.07, 6.45) is 2.65. The minimum Gasteiger partial charge on any atom is -0.240 e. The molecule has 0 aromatic carbocycles. The van der Waals surface area contributed by atoms with Crippen molar-refractivity contribution in [3.8, 4) is 0 Å². The van der Waals surface area contributed by atoms with Gasteiger partial charge in [0.2, 0.25) is 0 Å². The maximum Gasteiger partial charge on any atom is 0.126 e. The molecule has 0 spiro atoms. The van der Waals surface area contributed by atoms with Crippen LogP contribution in [0.5, 0.6) is 0 Å². The van der Waals surface area contributed by atoms with Crippen molar-refractivity contribution in [1.29, 1.82) is 0 Å². The number of alkyl halides is 1. The molecule has 0 atom stereocenters. The van der Waals surface area contributed by atoms with Crippen LogP contribution in [0.25, 0.3) is 0 Å². The number of rotatable bonds is 2. The van der Waals surface area contributed by atoms with Crippen molar-refractivity contribution in [1.82, 2.24) is 0 Å². The smallest absolute Gasteiger partial charge is 0.126 e. The predicted molar refractivity (Wildman–Crippen MR) is 39.2 cm³/mol. The molecule has 0 heterocycles. The van der Waals surface area contributed by atoms with E-state index in [1.54, 1.807) is 13.8 Å². The van der Waals surface area contributed by atoms with Gasteiger partial charge in [-0.1, -0.05) is 13.0 Å². The third-order valence-corrected chi connectivity index (χ3v) is 1.49. The zero-order valence-electron chi connectivity index (χ0n) is 6.66. The molecule has 0 N–H and O–H groups in total. The summed E-state index contributed by atoms with van der Waals surface area (Å²) in [6, 6.07) is 0. The van der Waals surface area contributed by atoms with E-state index in [1.807, 2.05) is 19.9 Å². The summed E-state index contributed by atoms with van der Waals surface area (Å²) < 4.78 is 13.0. The van der Waals surface area contributed by atoms with Crippen LogP contribution in [0.3, 0.4) is 0 Å². The lowest BCUT2D eigenvalue weighted by molar-refractivity contribution is 0.262. The molecule has 0 aliphatic rings. The second-order valence-electron chi connectivity index (χ2n) is 2.64. The summed E-state index contributed by atoms with van der Waals surface area (Å²) in [5, 5.41) is 0. The zero-order valence-corrected chi connectivity index (χ0v) is 6.66. The Balaban J connectivity index is 4.14. The van der Waals surface area contributed by atoms with E-state index >= 15 is 0 Å². The third kappa shape index (κ3) is 2.64. The topological polar surface area (TPSA) is 0 Å². The van der Waals surface area contributed by atoms with Gasteiger partial charge in [-0.25, -0.2) is 4.39 Å². The largest absolute Gasteiger partial charge is 0.240 e. The molecule has 0 radical (unpaired) electrons. The van der Waals surface area contributed by atoms with Gasteiger partial charge >= 0.3 is 0 Å². The maximum atomic E-state index is 13.0. The van der Waals surface area contributed by atoms with Crippen LogP contribution in [0.2, 0.25) is 0 Å². The highest BCUT2D eigenvalue weighted by atomic mass is 19.1. The normalized spacial score (nSPS) is 14.1. The van der Waals surface area contributed by atoms with Gasteiger partial charge in [0.15, 0.2) is 0 Å². The fraction of sp³-hybridized carbons (Fsp3) is 0.750. The van der Waals surface area contributed by atoms with Gasteiger partial charge in [-0.2, -0.15) is 0 Å². The minimum absolute atomic E-state index is 0.806. The van der Waals surface area contributed by atoms with Gasteiger partial charge in [-0.3, -0.25) is 0 Å². The highest BCUT2D eigenvalue weighted by Crippen LogP contribution is 2.22.